The van der Waals surface area contributed by atoms with Crippen molar-refractivity contribution in [1.82, 2.24) is 29.9 Å². The van der Waals surface area contributed by atoms with Crippen LogP contribution in [0.1, 0.15) is 37.4 Å². The zero-order chi connectivity index (χ0) is 23.3. The molecule has 0 spiro atoms. The zero-order valence-electron chi connectivity index (χ0n) is 19.2. The van der Waals surface area contributed by atoms with E-state index < -0.39 is 15.1 Å². The molecule has 1 aliphatic heterocycles. The maximum absolute atomic E-state index is 12.3. The van der Waals surface area contributed by atoms with Gasteiger partial charge in [-0.2, -0.15) is 0 Å². The van der Waals surface area contributed by atoms with Crippen molar-refractivity contribution in [2.24, 2.45) is 0 Å². The molecule has 0 unspecified atom stereocenters. The van der Waals surface area contributed by atoms with E-state index in [1.54, 1.807) is 26.1 Å². The van der Waals surface area contributed by atoms with Gasteiger partial charge in [0, 0.05) is 38.9 Å². The number of nitrogens with zero attached hydrogens (tertiary/aromatic N) is 7. The van der Waals surface area contributed by atoms with Crippen LogP contribution in [0.15, 0.2) is 48.8 Å². The van der Waals surface area contributed by atoms with E-state index in [1.807, 2.05) is 41.2 Å². The molecule has 4 heterocycles. The van der Waals surface area contributed by atoms with E-state index in [9.17, 15) is 8.42 Å². The lowest BCUT2D eigenvalue weighted by Gasteiger charge is -2.23. The Morgan fingerprint density at radius 2 is 1.79 bits per heavy atom. The van der Waals surface area contributed by atoms with Gasteiger partial charge in [0.2, 0.25) is 0 Å². The van der Waals surface area contributed by atoms with Crippen molar-refractivity contribution in [2.45, 2.75) is 44.4 Å². The van der Waals surface area contributed by atoms with Crippen molar-refractivity contribution < 1.29 is 8.42 Å². The zero-order valence-corrected chi connectivity index (χ0v) is 20.0. The third-order valence-corrected chi connectivity index (χ3v) is 7.93. The van der Waals surface area contributed by atoms with Crippen LogP contribution in [0.4, 0.5) is 5.82 Å². The number of hydrogen-bond acceptors (Lipinski definition) is 8. The molecular weight excluding hydrogens is 438 g/mol. The van der Waals surface area contributed by atoms with Gasteiger partial charge in [0.25, 0.3) is 0 Å². The predicted octanol–water partition coefficient (Wildman–Crippen LogP) is 2.15. The Morgan fingerprint density at radius 1 is 0.939 bits per heavy atom. The molecular formula is C23H31N7O2S. The molecule has 176 valence electrons. The van der Waals surface area contributed by atoms with E-state index in [0.29, 0.717) is 12.2 Å². The minimum Gasteiger partial charge on any atom is -0.355 e. The van der Waals surface area contributed by atoms with Crippen LogP contribution >= 0.6 is 0 Å². The van der Waals surface area contributed by atoms with E-state index in [2.05, 4.69) is 30.1 Å². The van der Waals surface area contributed by atoms with Crippen LogP contribution in [0, 0.1) is 0 Å². The molecule has 0 aliphatic carbocycles. The maximum Gasteiger partial charge on any atom is 0.158 e. The molecule has 3 aromatic heterocycles. The van der Waals surface area contributed by atoms with Gasteiger partial charge in [-0.05, 0) is 44.5 Å². The summed E-state index contributed by atoms with van der Waals surface area (Å²) >= 11 is 0. The van der Waals surface area contributed by atoms with E-state index in [4.69, 9.17) is 0 Å². The molecule has 0 N–H and O–H groups in total. The van der Waals surface area contributed by atoms with E-state index in [0.717, 1.165) is 56.4 Å². The fourth-order valence-corrected chi connectivity index (χ4v) is 4.74. The Bertz CT molecular complexity index is 1150. The van der Waals surface area contributed by atoms with Crippen LogP contribution < -0.4 is 4.90 Å². The highest BCUT2D eigenvalue weighted by Gasteiger charge is 2.20. The van der Waals surface area contributed by atoms with E-state index in [1.165, 1.54) is 0 Å². The van der Waals surface area contributed by atoms with Gasteiger partial charge in [0.1, 0.15) is 5.82 Å². The topological polar surface area (TPSA) is 97.1 Å². The Morgan fingerprint density at radius 3 is 2.58 bits per heavy atom. The first kappa shape index (κ1) is 23.3. The number of sulfone groups is 1. The first-order valence-electron chi connectivity index (χ1n) is 11.3. The minimum atomic E-state index is -3.18. The highest BCUT2D eigenvalue weighted by molar-refractivity contribution is 7.91. The smallest absolute Gasteiger partial charge is 0.158 e. The Labute approximate surface area is 195 Å². The van der Waals surface area contributed by atoms with Gasteiger partial charge < -0.3 is 4.90 Å². The van der Waals surface area contributed by atoms with Gasteiger partial charge in [-0.15, -0.1) is 5.10 Å². The Kier molecular flexibility index (Phi) is 7.34. The first-order chi connectivity index (χ1) is 15.9. The molecule has 0 saturated carbocycles. The third kappa shape index (κ3) is 6.35. The quantitative estimate of drug-likeness (QED) is 0.495. The van der Waals surface area contributed by atoms with Crippen LogP contribution in [0.25, 0.3) is 0 Å². The van der Waals surface area contributed by atoms with Crippen molar-refractivity contribution in [3.8, 4) is 0 Å². The molecule has 3 aromatic rings. The molecule has 0 atom stereocenters. The van der Waals surface area contributed by atoms with Gasteiger partial charge in [0.05, 0.1) is 40.8 Å². The average Bonchev–Trinajstić information content (AvgIpc) is 3.09. The van der Waals surface area contributed by atoms with Crippen molar-refractivity contribution in [2.75, 3.05) is 31.1 Å². The molecule has 0 amide bonds. The van der Waals surface area contributed by atoms with Crippen LogP contribution in [0.3, 0.4) is 0 Å². The summed E-state index contributed by atoms with van der Waals surface area (Å²) in [5.74, 6) is 0.821. The van der Waals surface area contributed by atoms with Crippen LogP contribution in [-0.2, 0) is 28.7 Å². The van der Waals surface area contributed by atoms with Crippen molar-refractivity contribution >= 4 is 15.7 Å². The lowest BCUT2D eigenvalue weighted by atomic mass is 10.3. The maximum atomic E-state index is 12.3. The summed E-state index contributed by atoms with van der Waals surface area (Å²) in [7, 11) is -3.18. The molecule has 4 rings (SSSR count). The largest absolute Gasteiger partial charge is 0.355 e. The fourth-order valence-electron chi connectivity index (χ4n) is 3.83. The molecule has 1 saturated heterocycles. The summed E-state index contributed by atoms with van der Waals surface area (Å²) in [6.07, 6.45) is 4.76. The third-order valence-electron chi connectivity index (χ3n) is 5.79. The van der Waals surface area contributed by atoms with Crippen molar-refractivity contribution in [3.63, 3.8) is 0 Å². The second kappa shape index (κ2) is 10.4. The molecule has 0 radical (unpaired) electrons. The Balaban J connectivity index is 1.34. The highest BCUT2D eigenvalue weighted by atomic mass is 32.2. The van der Waals surface area contributed by atoms with E-state index in [-0.39, 0.29) is 5.75 Å². The van der Waals surface area contributed by atoms with Gasteiger partial charge >= 0.3 is 0 Å². The number of anilines is 1. The number of hydrogen-bond donors (Lipinski definition) is 0. The summed E-state index contributed by atoms with van der Waals surface area (Å²) < 4.78 is 26.4. The molecule has 33 heavy (non-hydrogen) atoms. The second-order valence-corrected chi connectivity index (χ2v) is 11.2. The molecule has 0 aromatic carbocycles. The van der Waals surface area contributed by atoms with E-state index >= 15 is 0 Å². The van der Waals surface area contributed by atoms with Crippen molar-refractivity contribution in [3.05, 3.63) is 65.9 Å². The van der Waals surface area contributed by atoms with Crippen molar-refractivity contribution in [1.29, 1.82) is 0 Å². The molecule has 1 aliphatic rings. The van der Waals surface area contributed by atoms with Gasteiger partial charge in [0.15, 0.2) is 9.84 Å². The molecule has 0 bridgehead atoms. The van der Waals surface area contributed by atoms with Crippen LogP contribution in [0.2, 0.25) is 0 Å². The van der Waals surface area contributed by atoms with Crippen LogP contribution in [-0.4, -0.2) is 69.7 Å². The predicted molar refractivity (Wildman–Crippen MR) is 127 cm³/mol. The standard InChI is InChI=1S/C23H31N7O2S/c1-19(2)33(31,32)18-21-8-5-9-23(25-21)29-12-6-11-28(13-14-29)15-22-17-30(27-26-22)16-20-7-3-4-10-24-20/h3-5,7-10,17,19H,6,11-16,18H2,1-2H3. The Hall–Kier alpha value is -2.85. The number of pyridine rings is 2. The number of rotatable bonds is 8. The lowest BCUT2D eigenvalue weighted by molar-refractivity contribution is 0.282. The second-order valence-electron chi connectivity index (χ2n) is 8.69. The summed E-state index contributed by atoms with van der Waals surface area (Å²) in [5, 5.41) is 8.17. The first-order valence-corrected chi connectivity index (χ1v) is 13.0. The van der Waals surface area contributed by atoms with Crippen LogP contribution in [0.5, 0.6) is 0 Å². The normalized spacial score (nSPS) is 15.7. The molecule has 1 fully saturated rings. The summed E-state index contributed by atoms with van der Waals surface area (Å²) in [4.78, 5) is 13.6. The van der Waals surface area contributed by atoms with Gasteiger partial charge in [-0.3, -0.25) is 9.88 Å². The fraction of sp³-hybridized carbons (Fsp3) is 0.478. The molecule has 9 nitrogen and oxygen atoms in total. The molecule has 10 heteroatoms. The average molecular weight is 470 g/mol. The minimum absolute atomic E-state index is 0.0212. The number of aromatic nitrogens is 5. The highest BCUT2D eigenvalue weighted by Crippen LogP contribution is 2.17. The lowest BCUT2D eigenvalue weighted by Crippen LogP contribution is -2.31. The van der Waals surface area contributed by atoms with Gasteiger partial charge in [-0.1, -0.05) is 17.3 Å². The summed E-state index contributed by atoms with van der Waals surface area (Å²) in [6.45, 7) is 8.33. The summed E-state index contributed by atoms with van der Waals surface area (Å²) in [6, 6.07) is 11.5. The van der Waals surface area contributed by atoms with Gasteiger partial charge in [-0.25, -0.2) is 18.1 Å². The SMILES string of the molecule is CC(C)S(=O)(=O)Cc1cccc(N2CCCN(Cc3cn(Cc4ccccn4)nn3)CC2)n1. The summed E-state index contributed by atoms with van der Waals surface area (Å²) in [5.41, 5.74) is 2.50. The monoisotopic (exact) mass is 469 g/mol.